The summed E-state index contributed by atoms with van der Waals surface area (Å²) in [6, 6.07) is 15.4. The van der Waals surface area contributed by atoms with Crippen LogP contribution in [0.25, 0.3) is 10.8 Å². The van der Waals surface area contributed by atoms with Gasteiger partial charge in [0.1, 0.15) is 12.6 Å². The minimum atomic E-state index is -0.221. The van der Waals surface area contributed by atoms with Gasteiger partial charge in [-0.1, -0.05) is 42.5 Å². The third-order valence-corrected chi connectivity index (χ3v) is 3.51. The largest absolute Gasteiger partial charge is 0.387 e. The minimum absolute atomic E-state index is 0.221. The van der Waals surface area contributed by atoms with Crippen LogP contribution in [0.2, 0.25) is 0 Å². The standard InChI is InChI=1S/C17H23NO/c1-13(2)18-12-16(19)11-10-15-8-5-7-14-6-3-4-9-17(14)15/h3-9,13,16,18-19H,10-12H2,1-2H3/p+1. The summed E-state index contributed by atoms with van der Waals surface area (Å²) in [7, 11) is 0. The van der Waals surface area contributed by atoms with E-state index in [1.165, 1.54) is 16.3 Å². The molecule has 0 amide bonds. The molecule has 2 aromatic carbocycles. The fourth-order valence-corrected chi connectivity index (χ4v) is 2.38. The summed E-state index contributed by atoms with van der Waals surface area (Å²) in [5.41, 5.74) is 1.33. The van der Waals surface area contributed by atoms with Crippen LogP contribution in [0.15, 0.2) is 42.5 Å². The van der Waals surface area contributed by atoms with Crippen LogP contribution in [0.3, 0.4) is 0 Å². The van der Waals surface area contributed by atoms with Crippen molar-refractivity contribution in [2.75, 3.05) is 6.54 Å². The molecule has 1 atom stereocenters. The summed E-state index contributed by atoms with van der Waals surface area (Å²) in [5, 5.41) is 14.8. The smallest absolute Gasteiger partial charge is 0.103 e. The molecule has 0 aliphatic carbocycles. The van der Waals surface area contributed by atoms with Gasteiger partial charge in [0.05, 0.1) is 6.04 Å². The van der Waals surface area contributed by atoms with Crippen LogP contribution in [0, 0.1) is 0 Å². The highest BCUT2D eigenvalue weighted by atomic mass is 16.3. The number of benzene rings is 2. The van der Waals surface area contributed by atoms with Crippen molar-refractivity contribution in [3.8, 4) is 0 Å². The predicted octanol–water partition coefficient (Wildman–Crippen LogP) is 2.11. The number of hydrogen-bond donors (Lipinski definition) is 2. The highest BCUT2D eigenvalue weighted by Gasteiger charge is 2.09. The van der Waals surface area contributed by atoms with Gasteiger partial charge in [0.2, 0.25) is 0 Å². The maximum Gasteiger partial charge on any atom is 0.103 e. The van der Waals surface area contributed by atoms with Gasteiger partial charge in [0.25, 0.3) is 0 Å². The number of aryl methyl sites for hydroxylation is 1. The van der Waals surface area contributed by atoms with Crippen LogP contribution in [-0.2, 0) is 6.42 Å². The van der Waals surface area contributed by atoms with E-state index >= 15 is 0 Å². The molecular weight excluding hydrogens is 234 g/mol. The van der Waals surface area contributed by atoms with Crippen molar-refractivity contribution in [2.45, 2.75) is 38.8 Å². The van der Waals surface area contributed by atoms with Crippen LogP contribution >= 0.6 is 0 Å². The second kappa shape index (κ2) is 6.69. The number of aliphatic hydroxyl groups is 1. The molecule has 3 N–H and O–H groups in total. The van der Waals surface area contributed by atoms with Gasteiger partial charge in [0, 0.05) is 0 Å². The van der Waals surface area contributed by atoms with E-state index in [-0.39, 0.29) is 6.10 Å². The van der Waals surface area contributed by atoms with Gasteiger partial charge >= 0.3 is 0 Å². The summed E-state index contributed by atoms with van der Waals surface area (Å²) in [6.07, 6.45) is 1.55. The summed E-state index contributed by atoms with van der Waals surface area (Å²) in [6.45, 7) is 5.09. The van der Waals surface area contributed by atoms with E-state index in [2.05, 4.69) is 61.6 Å². The molecule has 2 heteroatoms. The van der Waals surface area contributed by atoms with Crippen molar-refractivity contribution in [2.24, 2.45) is 0 Å². The van der Waals surface area contributed by atoms with Crippen molar-refractivity contribution in [3.63, 3.8) is 0 Å². The van der Waals surface area contributed by atoms with Crippen LogP contribution in [0.4, 0.5) is 0 Å². The summed E-state index contributed by atoms with van der Waals surface area (Å²) in [5.74, 6) is 0. The average molecular weight is 258 g/mol. The molecule has 0 radical (unpaired) electrons. The Morgan fingerprint density at radius 1 is 1.05 bits per heavy atom. The zero-order valence-corrected chi connectivity index (χ0v) is 11.8. The first-order valence-electron chi connectivity index (χ1n) is 7.15. The lowest BCUT2D eigenvalue weighted by Gasteiger charge is -2.12. The first-order chi connectivity index (χ1) is 9.16. The van der Waals surface area contributed by atoms with Crippen LogP contribution in [0.5, 0.6) is 0 Å². The van der Waals surface area contributed by atoms with Crippen LogP contribution in [0.1, 0.15) is 25.8 Å². The molecule has 0 fully saturated rings. The highest BCUT2D eigenvalue weighted by Crippen LogP contribution is 2.19. The minimum Gasteiger partial charge on any atom is -0.387 e. The van der Waals surface area contributed by atoms with E-state index in [0.717, 1.165) is 19.4 Å². The third kappa shape index (κ3) is 4.05. The molecule has 0 aromatic heterocycles. The Morgan fingerprint density at radius 2 is 1.79 bits per heavy atom. The van der Waals surface area contributed by atoms with Gasteiger partial charge in [-0.2, -0.15) is 0 Å². The SMILES string of the molecule is CC(C)[NH2+]CC(O)CCc1cccc2ccccc12. The first kappa shape index (κ1) is 14.0. The fourth-order valence-electron chi connectivity index (χ4n) is 2.38. The van der Waals surface area contributed by atoms with Crippen molar-refractivity contribution in [1.82, 2.24) is 0 Å². The third-order valence-electron chi connectivity index (χ3n) is 3.51. The molecule has 2 aromatic rings. The topological polar surface area (TPSA) is 36.8 Å². The number of aliphatic hydroxyl groups excluding tert-OH is 1. The summed E-state index contributed by atoms with van der Waals surface area (Å²) < 4.78 is 0. The molecule has 2 rings (SSSR count). The Hall–Kier alpha value is -1.38. The predicted molar refractivity (Wildman–Crippen MR) is 80.2 cm³/mol. The lowest BCUT2D eigenvalue weighted by atomic mass is 9.99. The van der Waals surface area contributed by atoms with Crippen molar-refractivity contribution >= 4 is 10.8 Å². The van der Waals surface area contributed by atoms with Crippen molar-refractivity contribution in [1.29, 1.82) is 0 Å². The zero-order valence-electron chi connectivity index (χ0n) is 11.8. The maximum atomic E-state index is 10.0. The van der Waals surface area contributed by atoms with E-state index in [1.807, 2.05) is 0 Å². The Bertz CT molecular complexity index is 516. The fraction of sp³-hybridized carbons (Fsp3) is 0.412. The van der Waals surface area contributed by atoms with Gasteiger partial charge in [-0.15, -0.1) is 0 Å². The second-order valence-corrected chi connectivity index (χ2v) is 5.55. The number of nitrogens with two attached hydrogens (primary N) is 1. The molecule has 0 saturated carbocycles. The van der Waals surface area contributed by atoms with Crippen molar-refractivity contribution < 1.29 is 10.4 Å². The Balaban J connectivity index is 1.98. The molecule has 0 aliphatic heterocycles. The maximum absolute atomic E-state index is 10.0. The molecule has 19 heavy (non-hydrogen) atoms. The molecule has 0 heterocycles. The van der Waals surface area contributed by atoms with Crippen molar-refractivity contribution in [3.05, 3.63) is 48.0 Å². The molecule has 0 aliphatic rings. The van der Waals surface area contributed by atoms with Crippen LogP contribution < -0.4 is 5.32 Å². The number of rotatable bonds is 6. The Labute approximate surface area is 115 Å². The van der Waals surface area contributed by atoms with E-state index in [9.17, 15) is 5.11 Å². The van der Waals surface area contributed by atoms with Gasteiger partial charge in [-0.25, -0.2) is 0 Å². The summed E-state index contributed by atoms with van der Waals surface area (Å²) >= 11 is 0. The molecule has 0 bridgehead atoms. The van der Waals surface area contributed by atoms with E-state index < -0.39 is 0 Å². The molecule has 0 saturated heterocycles. The number of hydrogen-bond acceptors (Lipinski definition) is 1. The monoisotopic (exact) mass is 258 g/mol. The van der Waals surface area contributed by atoms with Gasteiger partial charge in [-0.05, 0) is 43.0 Å². The lowest BCUT2D eigenvalue weighted by molar-refractivity contribution is -0.688. The van der Waals surface area contributed by atoms with E-state index in [1.54, 1.807) is 0 Å². The molecule has 1 unspecified atom stereocenters. The summed E-state index contributed by atoms with van der Waals surface area (Å²) in [4.78, 5) is 0. The van der Waals surface area contributed by atoms with Gasteiger partial charge in [-0.3, -0.25) is 0 Å². The zero-order chi connectivity index (χ0) is 13.7. The second-order valence-electron chi connectivity index (χ2n) is 5.55. The number of fused-ring (bicyclic) bond motifs is 1. The number of quaternary nitrogens is 1. The van der Waals surface area contributed by atoms with Gasteiger partial charge in [0.15, 0.2) is 0 Å². The normalized spacial score (nSPS) is 13.1. The Morgan fingerprint density at radius 3 is 2.58 bits per heavy atom. The van der Waals surface area contributed by atoms with Gasteiger partial charge < -0.3 is 10.4 Å². The average Bonchev–Trinajstić information content (AvgIpc) is 2.42. The Kier molecular flexibility index (Phi) is 4.94. The van der Waals surface area contributed by atoms with E-state index in [4.69, 9.17) is 0 Å². The van der Waals surface area contributed by atoms with Crippen LogP contribution in [-0.4, -0.2) is 23.8 Å². The van der Waals surface area contributed by atoms with E-state index in [0.29, 0.717) is 6.04 Å². The molecule has 2 nitrogen and oxygen atoms in total. The molecular formula is C17H24NO+. The lowest BCUT2D eigenvalue weighted by Crippen LogP contribution is -2.90. The first-order valence-corrected chi connectivity index (χ1v) is 7.15. The quantitative estimate of drug-likeness (QED) is 0.818. The molecule has 102 valence electrons. The molecule has 0 spiro atoms. The highest BCUT2D eigenvalue weighted by molar-refractivity contribution is 5.85.